The van der Waals surface area contributed by atoms with Gasteiger partial charge >= 0.3 is 0 Å². The summed E-state index contributed by atoms with van der Waals surface area (Å²) in [4.78, 5) is 0.318. The number of benzene rings is 1. The fraction of sp³-hybridized carbons (Fsp3) is 0.462. The van der Waals surface area contributed by atoms with Crippen molar-refractivity contribution in [2.45, 2.75) is 26.3 Å². The SMILES string of the molecule is CCCCS(=O)(=O)N(C)Cc1cccc(C(N)=S)c1. The summed E-state index contributed by atoms with van der Waals surface area (Å²) in [6.45, 7) is 2.31. The highest BCUT2D eigenvalue weighted by molar-refractivity contribution is 7.89. The van der Waals surface area contributed by atoms with Gasteiger partial charge in [-0.25, -0.2) is 12.7 Å². The van der Waals surface area contributed by atoms with Crippen LogP contribution in [0.2, 0.25) is 0 Å². The van der Waals surface area contributed by atoms with Crippen molar-refractivity contribution in [1.82, 2.24) is 4.31 Å². The van der Waals surface area contributed by atoms with Gasteiger partial charge < -0.3 is 5.73 Å². The molecule has 0 spiro atoms. The lowest BCUT2D eigenvalue weighted by molar-refractivity contribution is 0.465. The molecule has 106 valence electrons. The molecular formula is C13H20N2O2S2. The van der Waals surface area contributed by atoms with E-state index < -0.39 is 10.0 Å². The van der Waals surface area contributed by atoms with Crippen LogP contribution < -0.4 is 5.73 Å². The van der Waals surface area contributed by atoms with Gasteiger partial charge in [0.15, 0.2) is 0 Å². The van der Waals surface area contributed by atoms with E-state index in [1.165, 1.54) is 4.31 Å². The minimum atomic E-state index is -3.18. The van der Waals surface area contributed by atoms with Gasteiger partial charge in [-0.15, -0.1) is 0 Å². The van der Waals surface area contributed by atoms with Crippen LogP contribution in [0.5, 0.6) is 0 Å². The molecular weight excluding hydrogens is 280 g/mol. The van der Waals surface area contributed by atoms with Crippen molar-refractivity contribution < 1.29 is 8.42 Å². The van der Waals surface area contributed by atoms with Crippen LogP contribution in [0.1, 0.15) is 30.9 Å². The van der Waals surface area contributed by atoms with Gasteiger partial charge in [0, 0.05) is 19.2 Å². The van der Waals surface area contributed by atoms with Crippen LogP contribution in [-0.2, 0) is 16.6 Å². The average Bonchev–Trinajstić information content (AvgIpc) is 2.36. The molecule has 0 aliphatic heterocycles. The minimum absolute atomic E-state index is 0.189. The number of nitrogens with two attached hydrogens (primary N) is 1. The molecule has 1 rings (SSSR count). The van der Waals surface area contributed by atoms with Crippen molar-refractivity contribution in [2.75, 3.05) is 12.8 Å². The lowest BCUT2D eigenvalue weighted by atomic mass is 10.1. The topological polar surface area (TPSA) is 63.4 Å². The normalized spacial score (nSPS) is 11.7. The lowest BCUT2D eigenvalue weighted by Gasteiger charge is -2.17. The van der Waals surface area contributed by atoms with E-state index in [1.807, 2.05) is 31.2 Å². The van der Waals surface area contributed by atoms with Crippen molar-refractivity contribution in [2.24, 2.45) is 5.73 Å². The van der Waals surface area contributed by atoms with E-state index >= 15 is 0 Å². The third kappa shape index (κ3) is 4.89. The summed E-state index contributed by atoms with van der Waals surface area (Å²) in [5.74, 6) is 0.189. The summed E-state index contributed by atoms with van der Waals surface area (Å²) >= 11 is 4.91. The first-order valence-electron chi connectivity index (χ1n) is 6.19. The smallest absolute Gasteiger partial charge is 0.214 e. The van der Waals surface area contributed by atoms with E-state index in [2.05, 4.69) is 0 Å². The fourth-order valence-electron chi connectivity index (χ4n) is 1.66. The van der Waals surface area contributed by atoms with E-state index in [9.17, 15) is 8.42 Å². The molecule has 0 amide bonds. The maximum atomic E-state index is 12.0. The highest BCUT2D eigenvalue weighted by atomic mass is 32.2. The summed E-state index contributed by atoms with van der Waals surface area (Å²) in [6, 6.07) is 7.34. The van der Waals surface area contributed by atoms with Crippen LogP contribution in [0, 0.1) is 0 Å². The maximum Gasteiger partial charge on any atom is 0.214 e. The Morgan fingerprint density at radius 1 is 1.42 bits per heavy atom. The molecule has 0 aliphatic rings. The first kappa shape index (κ1) is 16.1. The molecule has 0 atom stereocenters. The molecule has 0 radical (unpaired) electrons. The first-order chi connectivity index (χ1) is 8.86. The number of rotatable bonds is 7. The van der Waals surface area contributed by atoms with E-state index in [4.69, 9.17) is 18.0 Å². The molecule has 0 saturated heterocycles. The van der Waals surface area contributed by atoms with Gasteiger partial charge in [0.05, 0.1) is 5.75 Å². The average molecular weight is 300 g/mol. The standard InChI is InChI=1S/C13H20N2O2S2/c1-3-4-8-19(16,17)15(2)10-11-6-5-7-12(9-11)13(14)18/h5-7,9H,3-4,8,10H2,1-2H3,(H2,14,18). The van der Waals surface area contributed by atoms with Crippen molar-refractivity contribution >= 4 is 27.2 Å². The number of sulfonamides is 1. The van der Waals surface area contributed by atoms with E-state index in [1.54, 1.807) is 7.05 Å². The Bertz CT molecular complexity index is 541. The van der Waals surface area contributed by atoms with Crippen molar-refractivity contribution in [1.29, 1.82) is 0 Å². The van der Waals surface area contributed by atoms with Gasteiger partial charge in [-0.3, -0.25) is 0 Å². The second-order valence-corrected chi connectivity index (χ2v) is 7.13. The fourth-order valence-corrected chi connectivity index (χ4v) is 3.10. The monoisotopic (exact) mass is 300 g/mol. The van der Waals surface area contributed by atoms with Crippen LogP contribution in [0.25, 0.3) is 0 Å². The molecule has 2 N–H and O–H groups in total. The van der Waals surface area contributed by atoms with Gasteiger partial charge in [0.2, 0.25) is 10.0 Å². The van der Waals surface area contributed by atoms with Crippen LogP contribution in [-0.4, -0.2) is 30.5 Å². The van der Waals surface area contributed by atoms with E-state index in [-0.39, 0.29) is 5.75 Å². The zero-order valence-corrected chi connectivity index (χ0v) is 12.9. The molecule has 0 aromatic heterocycles. The highest BCUT2D eigenvalue weighted by Crippen LogP contribution is 2.11. The Morgan fingerprint density at radius 2 is 2.11 bits per heavy atom. The zero-order valence-electron chi connectivity index (χ0n) is 11.3. The minimum Gasteiger partial charge on any atom is -0.389 e. The van der Waals surface area contributed by atoms with Gasteiger partial charge in [0.1, 0.15) is 4.99 Å². The molecule has 1 aromatic carbocycles. The molecule has 0 bridgehead atoms. The van der Waals surface area contributed by atoms with Crippen LogP contribution in [0.4, 0.5) is 0 Å². The summed E-state index contributed by atoms with van der Waals surface area (Å²) < 4.78 is 25.4. The van der Waals surface area contributed by atoms with Crippen molar-refractivity contribution in [3.63, 3.8) is 0 Å². The maximum absolute atomic E-state index is 12.0. The predicted molar refractivity (Wildman–Crippen MR) is 82.5 cm³/mol. The Balaban J connectivity index is 2.79. The van der Waals surface area contributed by atoms with Crippen LogP contribution in [0.15, 0.2) is 24.3 Å². The Morgan fingerprint density at radius 3 is 2.68 bits per heavy atom. The van der Waals surface area contributed by atoms with Crippen LogP contribution in [0.3, 0.4) is 0 Å². The van der Waals surface area contributed by atoms with Gasteiger partial charge in [-0.1, -0.05) is 43.8 Å². The van der Waals surface area contributed by atoms with Crippen molar-refractivity contribution in [3.05, 3.63) is 35.4 Å². The Kier molecular flexibility index (Phi) is 5.90. The zero-order chi connectivity index (χ0) is 14.5. The van der Waals surface area contributed by atoms with Gasteiger partial charge in [-0.05, 0) is 18.1 Å². The number of thiocarbonyl (C=S) groups is 1. The van der Waals surface area contributed by atoms with E-state index in [0.717, 1.165) is 17.5 Å². The summed E-state index contributed by atoms with van der Waals surface area (Å²) in [7, 11) is -1.59. The number of hydrogen-bond donors (Lipinski definition) is 1. The second kappa shape index (κ2) is 6.98. The quantitative estimate of drug-likeness (QED) is 0.781. The number of unbranched alkanes of at least 4 members (excludes halogenated alkanes) is 1. The second-order valence-electron chi connectivity index (χ2n) is 4.49. The molecule has 19 heavy (non-hydrogen) atoms. The molecule has 0 unspecified atom stereocenters. The molecule has 0 saturated carbocycles. The molecule has 0 heterocycles. The summed E-state index contributed by atoms with van der Waals surface area (Å²) in [5.41, 5.74) is 7.20. The van der Waals surface area contributed by atoms with E-state index in [0.29, 0.717) is 18.0 Å². The highest BCUT2D eigenvalue weighted by Gasteiger charge is 2.17. The molecule has 4 nitrogen and oxygen atoms in total. The molecule has 6 heteroatoms. The molecule has 0 aliphatic carbocycles. The van der Waals surface area contributed by atoms with Gasteiger partial charge in [0.25, 0.3) is 0 Å². The third-order valence-corrected chi connectivity index (χ3v) is 4.97. The lowest BCUT2D eigenvalue weighted by Crippen LogP contribution is -2.28. The molecule has 1 aromatic rings. The summed E-state index contributed by atoms with van der Waals surface area (Å²) in [5, 5.41) is 0. The van der Waals surface area contributed by atoms with Gasteiger partial charge in [-0.2, -0.15) is 0 Å². The Hall–Kier alpha value is -0.980. The summed E-state index contributed by atoms with van der Waals surface area (Å²) in [6.07, 6.45) is 1.55. The third-order valence-electron chi connectivity index (χ3n) is 2.85. The predicted octanol–water partition coefficient (Wildman–Crippen LogP) is 1.88. The Labute approximate surface area is 120 Å². The first-order valence-corrected chi connectivity index (χ1v) is 8.21. The number of hydrogen-bond acceptors (Lipinski definition) is 3. The largest absolute Gasteiger partial charge is 0.389 e. The number of nitrogens with zero attached hydrogens (tertiary/aromatic N) is 1. The molecule has 0 fully saturated rings. The van der Waals surface area contributed by atoms with Crippen LogP contribution >= 0.6 is 12.2 Å². The van der Waals surface area contributed by atoms with Crippen molar-refractivity contribution in [3.8, 4) is 0 Å².